The van der Waals surface area contributed by atoms with Crippen LogP contribution < -0.4 is 4.90 Å². The number of hydrogen-bond acceptors (Lipinski definition) is 4. The van der Waals surface area contributed by atoms with Gasteiger partial charge in [0.05, 0.1) is 6.20 Å². The van der Waals surface area contributed by atoms with Crippen LogP contribution >= 0.6 is 0 Å². The Hall–Kier alpha value is -1.65. The fourth-order valence-electron chi connectivity index (χ4n) is 3.72. The quantitative estimate of drug-likeness (QED) is 0.844. The molecule has 0 aliphatic carbocycles. The Bertz CT molecular complexity index is 464. The van der Waals surface area contributed by atoms with E-state index in [1.54, 1.807) is 12.4 Å². The number of hydrogen-bond donors (Lipinski definition) is 0. The molecule has 2 saturated heterocycles. The zero-order valence-corrected chi connectivity index (χ0v) is 12.2. The lowest BCUT2D eigenvalue weighted by atomic mass is 9.96. The van der Waals surface area contributed by atoms with E-state index in [1.807, 2.05) is 25.1 Å². The normalized spacial score (nSPS) is 28.5. The van der Waals surface area contributed by atoms with Crippen molar-refractivity contribution in [1.29, 1.82) is 0 Å². The van der Waals surface area contributed by atoms with Gasteiger partial charge in [0, 0.05) is 44.0 Å². The molecule has 0 spiro atoms. The number of nitrogens with zero attached hydrogens (tertiary/aromatic N) is 4. The second-order valence-electron chi connectivity index (χ2n) is 5.84. The standard InChI is InChI=1S/C15H22N4O/c1-3-15(20)18(2)13-8-11-4-5-12(9-13)19(11)14-10-16-6-7-17-14/h6-7,10-13H,3-5,8-9H2,1-2H3. The predicted octanol–water partition coefficient (Wildman–Crippen LogP) is 1.84. The zero-order valence-electron chi connectivity index (χ0n) is 12.2. The first-order valence-corrected chi connectivity index (χ1v) is 7.50. The number of carbonyl (C=O) groups is 1. The van der Waals surface area contributed by atoms with Crippen LogP contribution in [0.25, 0.3) is 0 Å². The van der Waals surface area contributed by atoms with Crippen LogP contribution in [0.5, 0.6) is 0 Å². The van der Waals surface area contributed by atoms with Crippen molar-refractivity contribution in [3.8, 4) is 0 Å². The van der Waals surface area contributed by atoms with Gasteiger partial charge in [-0.3, -0.25) is 9.78 Å². The van der Waals surface area contributed by atoms with Crippen molar-refractivity contribution in [3.63, 3.8) is 0 Å². The van der Waals surface area contributed by atoms with E-state index in [9.17, 15) is 4.79 Å². The molecule has 0 radical (unpaired) electrons. The minimum Gasteiger partial charge on any atom is -0.349 e. The molecule has 0 saturated carbocycles. The number of fused-ring (bicyclic) bond motifs is 2. The fourth-order valence-corrected chi connectivity index (χ4v) is 3.72. The number of anilines is 1. The summed E-state index contributed by atoms with van der Waals surface area (Å²) in [6, 6.07) is 1.39. The molecule has 2 unspecified atom stereocenters. The van der Waals surface area contributed by atoms with Gasteiger partial charge in [-0.2, -0.15) is 0 Å². The summed E-state index contributed by atoms with van der Waals surface area (Å²) >= 11 is 0. The van der Waals surface area contributed by atoms with Crippen LogP contribution in [-0.4, -0.2) is 45.9 Å². The fraction of sp³-hybridized carbons (Fsp3) is 0.667. The summed E-state index contributed by atoms with van der Waals surface area (Å²) in [7, 11) is 1.95. The molecular formula is C15H22N4O. The van der Waals surface area contributed by atoms with Crippen LogP contribution in [0.2, 0.25) is 0 Å². The lowest BCUT2D eigenvalue weighted by Crippen LogP contribution is -2.51. The van der Waals surface area contributed by atoms with E-state index in [0.29, 0.717) is 24.5 Å². The molecule has 1 amide bonds. The molecule has 20 heavy (non-hydrogen) atoms. The lowest BCUT2D eigenvalue weighted by Gasteiger charge is -2.42. The summed E-state index contributed by atoms with van der Waals surface area (Å²) < 4.78 is 0. The van der Waals surface area contributed by atoms with Crippen LogP contribution in [0, 0.1) is 0 Å². The first-order chi connectivity index (χ1) is 9.70. The molecule has 2 atom stereocenters. The topological polar surface area (TPSA) is 49.3 Å². The molecular weight excluding hydrogens is 252 g/mol. The molecule has 0 aromatic carbocycles. The van der Waals surface area contributed by atoms with E-state index in [2.05, 4.69) is 14.9 Å². The Morgan fingerprint density at radius 1 is 1.35 bits per heavy atom. The molecule has 3 heterocycles. The highest BCUT2D eigenvalue weighted by Gasteiger charge is 2.43. The smallest absolute Gasteiger partial charge is 0.222 e. The predicted molar refractivity (Wildman–Crippen MR) is 77.4 cm³/mol. The molecule has 2 bridgehead atoms. The average molecular weight is 274 g/mol. The van der Waals surface area contributed by atoms with Gasteiger partial charge in [0.25, 0.3) is 0 Å². The molecule has 2 aliphatic rings. The highest BCUT2D eigenvalue weighted by Crippen LogP contribution is 2.39. The minimum absolute atomic E-state index is 0.252. The maximum Gasteiger partial charge on any atom is 0.222 e. The molecule has 5 heteroatoms. The molecule has 2 fully saturated rings. The van der Waals surface area contributed by atoms with Gasteiger partial charge in [-0.05, 0) is 25.7 Å². The van der Waals surface area contributed by atoms with Crippen LogP contribution in [0.15, 0.2) is 18.6 Å². The summed E-state index contributed by atoms with van der Waals surface area (Å²) in [5.41, 5.74) is 0. The van der Waals surface area contributed by atoms with E-state index < -0.39 is 0 Å². The zero-order chi connectivity index (χ0) is 14.1. The van der Waals surface area contributed by atoms with Gasteiger partial charge >= 0.3 is 0 Å². The van der Waals surface area contributed by atoms with Crippen molar-refractivity contribution in [1.82, 2.24) is 14.9 Å². The summed E-state index contributed by atoms with van der Waals surface area (Å²) in [6.45, 7) is 1.93. The van der Waals surface area contributed by atoms with Crippen molar-refractivity contribution >= 4 is 11.7 Å². The molecule has 108 valence electrons. The monoisotopic (exact) mass is 274 g/mol. The van der Waals surface area contributed by atoms with Gasteiger partial charge in [-0.15, -0.1) is 0 Å². The van der Waals surface area contributed by atoms with Crippen LogP contribution in [0.1, 0.15) is 39.0 Å². The maximum atomic E-state index is 11.9. The van der Waals surface area contributed by atoms with Crippen molar-refractivity contribution < 1.29 is 4.79 Å². The third kappa shape index (κ3) is 2.25. The Balaban J connectivity index is 1.75. The molecule has 3 rings (SSSR count). The van der Waals surface area contributed by atoms with Gasteiger partial charge < -0.3 is 9.80 Å². The summed E-state index contributed by atoms with van der Waals surface area (Å²) in [6.07, 6.45) is 10.4. The van der Waals surface area contributed by atoms with Crippen molar-refractivity contribution in [2.75, 3.05) is 11.9 Å². The number of piperidine rings is 1. The molecule has 0 N–H and O–H groups in total. The van der Waals surface area contributed by atoms with Crippen molar-refractivity contribution in [2.45, 2.75) is 57.2 Å². The van der Waals surface area contributed by atoms with E-state index >= 15 is 0 Å². The molecule has 1 aromatic heterocycles. The Kier molecular flexibility index (Phi) is 3.59. The molecule has 1 aromatic rings. The van der Waals surface area contributed by atoms with Gasteiger partial charge in [-0.25, -0.2) is 4.98 Å². The van der Waals surface area contributed by atoms with Crippen LogP contribution in [-0.2, 0) is 4.79 Å². The molecule has 5 nitrogen and oxygen atoms in total. The number of rotatable bonds is 3. The van der Waals surface area contributed by atoms with Crippen molar-refractivity contribution in [2.24, 2.45) is 0 Å². The SMILES string of the molecule is CCC(=O)N(C)C1CC2CCC(C1)N2c1cnccn1. The highest BCUT2D eigenvalue weighted by atomic mass is 16.2. The van der Waals surface area contributed by atoms with Gasteiger partial charge in [0.15, 0.2) is 0 Å². The van der Waals surface area contributed by atoms with Gasteiger partial charge in [0.1, 0.15) is 5.82 Å². The highest BCUT2D eigenvalue weighted by molar-refractivity contribution is 5.75. The lowest BCUT2D eigenvalue weighted by molar-refractivity contribution is -0.132. The Morgan fingerprint density at radius 3 is 2.60 bits per heavy atom. The first kappa shape index (κ1) is 13.3. The van der Waals surface area contributed by atoms with Crippen LogP contribution in [0.4, 0.5) is 5.82 Å². The number of amides is 1. The summed E-state index contributed by atoms with van der Waals surface area (Å²) in [5.74, 6) is 1.24. The summed E-state index contributed by atoms with van der Waals surface area (Å²) in [5, 5.41) is 0. The van der Waals surface area contributed by atoms with E-state index in [-0.39, 0.29) is 5.91 Å². The third-order valence-electron chi connectivity index (χ3n) is 4.77. The number of carbonyl (C=O) groups excluding carboxylic acids is 1. The first-order valence-electron chi connectivity index (χ1n) is 7.50. The second-order valence-corrected chi connectivity index (χ2v) is 5.84. The van der Waals surface area contributed by atoms with Crippen LogP contribution in [0.3, 0.4) is 0 Å². The minimum atomic E-state index is 0.252. The third-order valence-corrected chi connectivity index (χ3v) is 4.77. The largest absolute Gasteiger partial charge is 0.349 e. The Morgan fingerprint density at radius 2 is 2.05 bits per heavy atom. The summed E-state index contributed by atoms with van der Waals surface area (Å²) in [4.78, 5) is 24.9. The second kappa shape index (κ2) is 5.38. The van der Waals surface area contributed by atoms with E-state index in [0.717, 1.165) is 18.7 Å². The van der Waals surface area contributed by atoms with E-state index in [1.165, 1.54) is 12.8 Å². The molecule has 2 aliphatic heterocycles. The van der Waals surface area contributed by atoms with Gasteiger partial charge in [-0.1, -0.05) is 6.92 Å². The van der Waals surface area contributed by atoms with E-state index in [4.69, 9.17) is 0 Å². The Labute approximate surface area is 120 Å². The average Bonchev–Trinajstić information content (AvgIpc) is 2.76. The van der Waals surface area contributed by atoms with Gasteiger partial charge in [0.2, 0.25) is 5.91 Å². The maximum absolute atomic E-state index is 11.9. The van der Waals surface area contributed by atoms with Crippen molar-refractivity contribution in [3.05, 3.63) is 18.6 Å². The number of aromatic nitrogens is 2.